The molecule has 0 heterocycles. The lowest BCUT2D eigenvalue weighted by atomic mass is 9.99. The number of hydrogen-bond donors (Lipinski definition) is 0. The number of ether oxygens (including phenoxy) is 1. The molecule has 0 fully saturated rings. The van der Waals surface area contributed by atoms with Crippen molar-refractivity contribution in [3.8, 4) is 5.75 Å². The Hall–Kier alpha value is -1.19. The summed E-state index contributed by atoms with van der Waals surface area (Å²) in [5, 5.41) is 0. The average Bonchev–Trinajstić information content (AvgIpc) is 2.33. The summed E-state index contributed by atoms with van der Waals surface area (Å²) < 4.78 is 41.0. The lowest BCUT2D eigenvalue weighted by Crippen LogP contribution is -2.09. The molecule has 1 unspecified atom stereocenters. The highest BCUT2D eigenvalue weighted by Crippen LogP contribution is 2.23. The van der Waals surface area contributed by atoms with Gasteiger partial charge in [0.2, 0.25) is 0 Å². The molecule has 0 amide bonds. The molecule has 0 saturated carbocycles. The molecule has 4 heteroatoms. The highest BCUT2D eigenvalue weighted by molar-refractivity contribution is 5.29. The molecule has 1 rings (SSSR count). The van der Waals surface area contributed by atoms with Crippen molar-refractivity contribution in [2.45, 2.75) is 45.2 Å². The van der Waals surface area contributed by atoms with Crippen molar-refractivity contribution in [2.24, 2.45) is 0 Å². The summed E-state index contributed by atoms with van der Waals surface area (Å²) in [7, 11) is 0. The minimum Gasteiger partial charge on any atom is -0.494 e. The Morgan fingerprint density at radius 1 is 1.17 bits per heavy atom. The first kappa shape index (κ1) is 14.9. The average molecular weight is 260 g/mol. The van der Waals surface area contributed by atoms with Crippen LogP contribution in [0.4, 0.5) is 13.2 Å². The molecular weight excluding hydrogens is 241 g/mol. The number of benzene rings is 1. The highest BCUT2D eigenvalue weighted by atomic mass is 19.4. The predicted octanol–water partition coefficient (Wildman–Crippen LogP) is 4.92. The van der Waals surface area contributed by atoms with E-state index in [4.69, 9.17) is 4.74 Å². The fourth-order valence-electron chi connectivity index (χ4n) is 1.59. The van der Waals surface area contributed by atoms with E-state index in [2.05, 4.69) is 13.8 Å². The molecular formula is C14H19F3O. The maximum Gasteiger partial charge on any atom is 0.389 e. The SMILES string of the molecule is CCC(C)c1ccc(OCCCC(F)(F)F)cc1. The molecule has 0 aliphatic rings. The molecule has 0 aliphatic carbocycles. The van der Waals surface area contributed by atoms with E-state index in [1.165, 1.54) is 5.56 Å². The van der Waals surface area contributed by atoms with Gasteiger partial charge < -0.3 is 4.74 Å². The molecule has 0 bridgehead atoms. The van der Waals surface area contributed by atoms with Crippen LogP contribution in [0.2, 0.25) is 0 Å². The Morgan fingerprint density at radius 2 is 1.78 bits per heavy atom. The number of hydrogen-bond acceptors (Lipinski definition) is 1. The van der Waals surface area contributed by atoms with Crippen molar-refractivity contribution >= 4 is 0 Å². The van der Waals surface area contributed by atoms with E-state index in [1.54, 1.807) is 0 Å². The third-order valence-electron chi connectivity index (χ3n) is 2.93. The monoisotopic (exact) mass is 260 g/mol. The molecule has 1 nitrogen and oxygen atoms in total. The van der Waals surface area contributed by atoms with Gasteiger partial charge in [0.1, 0.15) is 5.75 Å². The fourth-order valence-corrected chi connectivity index (χ4v) is 1.59. The largest absolute Gasteiger partial charge is 0.494 e. The van der Waals surface area contributed by atoms with Crippen LogP contribution in [-0.2, 0) is 0 Å². The lowest BCUT2D eigenvalue weighted by molar-refractivity contribution is -0.136. The molecule has 0 saturated heterocycles. The molecule has 0 radical (unpaired) electrons. The number of alkyl halides is 3. The van der Waals surface area contributed by atoms with E-state index >= 15 is 0 Å². The van der Waals surface area contributed by atoms with Gasteiger partial charge in [-0.3, -0.25) is 0 Å². The lowest BCUT2D eigenvalue weighted by Gasteiger charge is -2.11. The van der Waals surface area contributed by atoms with Crippen molar-refractivity contribution < 1.29 is 17.9 Å². The second-order valence-corrected chi connectivity index (χ2v) is 4.45. The fraction of sp³-hybridized carbons (Fsp3) is 0.571. The smallest absolute Gasteiger partial charge is 0.389 e. The van der Waals surface area contributed by atoms with Crippen LogP contribution >= 0.6 is 0 Å². The second kappa shape index (κ2) is 6.66. The van der Waals surface area contributed by atoms with Gasteiger partial charge in [0, 0.05) is 6.42 Å². The molecule has 0 spiro atoms. The number of halogens is 3. The van der Waals surface area contributed by atoms with Crippen LogP contribution in [0.5, 0.6) is 5.75 Å². The van der Waals surface area contributed by atoms with E-state index < -0.39 is 12.6 Å². The summed E-state index contributed by atoms with van der Waals surface area (Å²) in [5.41, 5.74) is 1.22. The van der Waals surface area contributed by atoms with Crippen molar-refractivity contribution in [1.82, 2.24) is 0 Å². The van der Waals surface area contributed by atoms with Gasteiger partial charge >= 0.3 is 6.18 Å². The van der Waals surface area contributed by atoms with Crippen molar-refractivity contribution in [3.05, 3.63) is 29.8 Å². The van der Waals surface area contributed by atoms with Gasteiger partial charge in [-0.25, -0.2) is 0 Å². The molecule has 0 N–H and O–H groups in total. The highest BCUT2D eigenvalue weighted by Gasteiger charge is 2.26. The van der Waals surface area contributed by atoms with Gasteiger partial charge in [-0.05, 0) is 36.5 Å². The summed E-state index contributed by atoms with van der Waals surface area (Å²) in [6.07, 6.45) is -3.83. The molecule has 0 aromatic heterocycles. The first-order valence-corrected chi connectivity index (χ1v) is 6.22. The van der Waals surface area contributed by atoms with Crippen LogP contribution in [0.3, 0.4) is 0 Å². The topological polar surface area (TPSA) is 9.23 Å². The summed E-state index contributed by atoms with van der Waals surface area (Å²) >= 11 is 0. The molecule has 1 aromatic rings. The van der Waals surface area contributed by atoms with Gasteiger partial charge in [-0.15, -0.1) is 0 Å². The molecule has 1 atom stereocenters. The van der Waals surface area contributed by atoms with Gasteiger partial charge in [0.25, 0.3) is 0 Å². The third-order valence-corrected chi connectivity index (χ3v) is 2.93. The Balaban J connectivity index is 2.35. The summed E-state index contributed by atoms with van der Waals surface area (Å²) in [6, 6.07) is 7.56. The van der Waals surface area contributed by atoms with Gasteiger partial charge in [0.15, 0.2) is 0 Å². The zero-order valence-electron chi connectivity index (χ0n) is 10.8. The summed E-state index contributed by atoms with van der Waals surface area (Å²) in [5.74, 6) is 1.12. The van der Waals surface area contributed by atoms with Crippen molar-refractivity contribution in [2.75, 3.05) is 6.61 Å². The molecule has 1 aromatic carbocycles. The van der Waals surface area contributed by atoms with Crippen LogP contribution < -0.4 is 4.74 Å². The van der Waals surface area contributed by atoms with Crippen molar-refractivity contribution in [1.29, 1.82) is 0 Å². The third kappa shape index (κ3) is 5.43. The van der Waals surface area contributed by atoms with Crippen LogP contribution in [0.1, 0.15) is 44.6 Å². The standard InChI is InChI=1S/C14H19F3O/c1-3-11(2)12-5-7-13(8-6-12)18-10-4-9-14(15,16)17/h5-8,11H,3-4,9-10H2,1-2H3. The molecule has 102 valence electrons. The van der Waals surface area contributed by atoms with E-state index in [-0.39, 0.29) is 13.0 Å². The summed E-state index contributed by atoms with van der Waals surface area (Å²) in [4.78, 5) is 0. The van der Waals surface area contributed by atoms with Crippen LogP contribution in [0.25, 0.3) is 0 Å². The first-order valence-electron chi connectivity index (χ1n) is 6.22. The van der Waals surface area contributed by atoms with E-state index in [0.29, 0.717) is 11.7 Å². The van der Waals surface area contributed by atoms with Crippen LogP contribution in [0.15, 0.2) is 24.3 Å². The molecule has 18 heavy (non-hydrogen) atoms. The quantitative estimate of drug-likeness (QED) is 0.659. The van der Waals surface area contributed by atoms with Crippen LogP contribution in [-0.4, -0.2) is 12.8 Å². The zero-order valence-corrected chi connectivity index (χ0v) is 10.8. The molecule has 0 aliphatic heterocycles. The normalized spacial score (nSPS) is 13.4. The maximum absolute atomic E-state index is 11.9. The minimum atomic E-state index is -4.09. The van der Waals surface area contributed by atoms with E-state index in [9.17, 15) is 13.2 Å². The Morgan fingerprint density at radius 3 is 2.28 bits per heavy atom. The van der Waals surface area contributed by atoms with Crippen LogP contribution in [0, 0.1) is 0 Å². The maximum atomic E-state index is 11.9. The Bertz CT molecular complexity index is 343. The zero-order chi connectivity index (χ0) is 13.6. The van der Waals surface area contributed by atoms with Gasteiger partial charge in [-0.2, -0.15) is 13.2 Å². The van der Waals surface area contributed by atoms with E-state index in [0.717, 1.165) is 6.42 Å². The minimum absolute atomic E-state index is 0.00336. The van der Waals surface area contributed by atoms with Gasteiger partial charge in [-0.1, -0.05) is 26.0 Å². The predicted molar refractivity (Wildman–Crippen MR) is 65.9 cm³/mol. The Labute approximate surface area is 106 Å². The first-order chi connectivity index (χ1) is 8.42. The van der Waals surface area contributed by atoms with Crippen molar-refractivity contribution in [3.63, 3.8) is 0 Å². The summed E-state index contributed by atoms with van der Waals surface area (Å²) in [6.45, 7) is 4.35. The van der Waals surface area contributed by atoms with E-state index in [1.807, 2.05) is 24.3 Å². The van der Waals surface area contributed by atoms with Gasteiger partial charge in [0.05, 0.1) is 6.61 Å². The second-order valence-electron chi connectivity index (χ2n) is 4.45. The number of rotatable bonds is 6. The Kier molecular flexibility index (Phi) is 5.51.